The van der Waals surface area contributed by atoms with E-state index in [1.807, 2.05) is 12.1 Å². The molecule has 2 N–H and O–H groups in total. The third kappa shape index (κ3) is 2.61. The molecule has 0 heterocycles. The van der Waals surface area contributed by atoms with Crippen molar-refractivity contribution in [2.75, 3.05) is 0 Å². The zero-order valence-corrected chi connectivity index (χ0v) is 11.6. The fourth-order valence-electron chi connectivity index (χ4n) is 3.30. The van der Waals surface area contributed by atoms with E-state index in [0.29, 0.717) is 12.3 Å². The predicted molar refractivity (Wildman–Crippen MR) is 80.2 cm³/mol. The fraction of sp³-hybridized carbons (Fsp3) is 0.333. The number of benzene rings is 2. The highest BCUT2D eigenvalue weighted by molar-refractivity contribution is 5.34. The van der Waals surface area contributed by atoms with Gasteiger partial charge in [-0.05, 0) is 54.4 Å². The molecule has 1 aliphatic carbocycles. The average molecular weight is 269 g/mol. The molecule has 0 saturated carbocycles. The minimum absolute atomic E-state index is 0.0200. The predicted octanol–water partition coefficient (Wildman–Crippen LogP) is 3.82. The van der Waals surface area contributed by atoms with Crippen LogP contribution in [0.15, 0.2) is 48.5 Å². The zero-order valence-electron chi connectivity index (χ0n) is 11.6. The van der Waals surface area contributed by atoms with Crippen molar-refractivity contribution < 1.29 is 4.39 Å². The van der Waals surface area contributed by atoms with Crippen LogP contribution in [0.2, 0.25) is 0 Å². The topological polar surface area (TPSA) is 26.0 Å². The van der Waals surface area contributed by atoms with Crippen molar-refractivity contribution in [3.63, 3.8) is 0 Å². The maximum atomic E-state index is 13.8. The first-order valence-electron chi connectivity index (χ1n) is 7.32. The molecule has 0 bridgehead atoms. The van der Waals surface area contributed by atoms with Gasteiger partial charge in [-0.15, -0.1) is 0 Å². The second-order valence-electron chi connectivity index (χ2n) is 5.66. The molecule has 0 amide bonds. The van der Waals surface area contributed by atoms with Crippen molar-refractivity contribution in [1.29, 1.82) is 0 Å². The molecule has 2 unspecified atom stereocenters. The van der Waals surface area contributed by atoms with Crippen LogP contribution in [0.3, 0.4) is 0 Å². The Labute approximate surface area is 119 Å². The number of hydrogen-bond acceptors (Lipinski definition) is 1. The highest BCUT2D eigenvalue weighted by Crippen LogP contribution is 2.34. The van der Waals surface area contributed by atoms with E-state index < -0.39 is 0 Å². The lowest BCUT2D eigenvalue weighted by Gasteiger charge is -2.30. The van der Waals surface area contributed by atoms with Crippen LogP contribution in [0.4, 0.5) is 4.39 Å². The molecular formula is C18H20FN. The first-order chi connectivity index (χ1) is 9.75. The molecule has 2 aromatic carbocycles. The number of fused-ring (bicyclic) bond motifs is 1. The third-order valence-corrected chi connectivity index (χ3v) is 4.35. The van der Waals surface area contributed by atoms with E-state index >= 15 is 0 Å². The maximum Gasteiger partial charge on any atom is 0.126 e. The van der Waals surface area contributed by atoms with Crippen LogP contribution >= 0.6 is 0 Å². The molecule has 104 valence electrons. The average Bonchev–Trinajstić information content (AvgIpc) is 2.49. The Morgan fingerprint density at radius 1 is 1.10 bits per heavy atom. The van der Waals surface area contributed by atoms with Crippen LogP contribution in [0.1, 0.15) is 35.4 Å². The van der Waals surface area contributed by atoms with Crippen molar-refractivity contribution in [1.82, 2.24) is 0 Å². The lowest BCUT2D eigenvalue weighted by atomic mass is 9.77. The van der Waals surface area contributed by atoms with Gasteiger partial charge in [0.05, 0.1) is 0 Å². The molecule has 2 aromatic rings. The molecule has 0 fully saturated rings. The van der Waals surface area contributed by atoms with E-state index in [1.165, 1.54) is 23.6 Å². The van der Waals surface area contributed by atoms with E-state index in [2.05, 4.69) is 24.3 Å². The van der Waals surface area contributed by atoms with Gasteiger partial charge >= 0.3 is 0 Å². The highest BCUT2D eigenvalue weighted by Gasteiger charge is 2.25. The highest BCUT2D eigenvalue weighted by atomic mass is 19.1. The van der Waals surface area contributed by atoms with Gasteiger partial charge in [-0.3, -0.25) is 0 Å². The van der Waals surface area contributed by atoms with Crippen molar-refractivity contribution in [2.24, 2.45) is 5.73 Å². The Hall–Kier alpha value is -1.67. The lowest BCUT2D eigenvalue weighted by molar-refractivity contribution is 0.454. The minimum atomic E-state index is -0.146. The van der Waals surface area contributed by atoms with Crippen molar-refractivity contribution in [3.8, 4) is 0 Å². The molecule has 1 nitrogen and oxygen atoms in total. The number of hydrogen-bond donors (Lipinski definition) is 1. The molecule has 0 aliphatic heterocycles. The van der Waals surface area contributed by atoms with Crippen LogP contribution < -0.4 is 5.73 Å². The number of halogens is 1. The lowest BCUT2D eigenvalue weighted by Crippen LogP contribution is -2.33. The second-order valence-corrected chi connectivity index (χ2v) is 5.66. The first kappa shape index (κ1) is 13.3. The van der Waals surface area contributed by atoms with Gasteiger partial charge in [0.15, 0.2) is 0 Å². The third-order valence-electron chi connectivity index (χ3n) is 4.35. The molecule has 20 heavy (non-hydrogen) atoms. The zero-order chi connectivity index (χ0) is 13.9. The molecule has 3 rings (SSSR count). The van der Waals surface area contributed by atoms with E-state index in [1.54, 1.807) is 6.07 Å². The Morgan fingerprint density at radius 2 is 1.85 bits per heavy atom. The van der Waals surface area contributed by atoms with Gasteiger partial charge in [-0.25, -0.2) is 4.39 Å². The van der Waals surface area contributed by atoms with Gasteiger partial charge < -0.3 is 5.73 Å². The van der Waals surface area contributed by atoms with Gasteiger partial charge in [0.2, 0.25) is 0 Å². The molecule has 2 heteroatoms. The Morgan fingerprint density at radius 3 is 2.70 bits per heavy atom. The smallest absolute Gasteiger partial charge is 0.126 e. The summed E-state index contributed by atoms with van der Waals surface area (Å²) < 4.78 is 13.8. The Bertz CT molecular complexity index is 593. The van der Waals surface area contributed by atoms with Gasteiger partial charge in [0.1, 0.15) is 5.82 Å². The first-order valence-corrected chi connectivity index (χ1v) is 7.32. The van der Waals surface area contributed by atoms with Crippen molar-refractivity contribution in [3.05, 3.63) is 71.0 Å². The summed E-state index contributed by atoms with van der Waals surface area (Å²) >= 11 is 0. The monoisotopic (exact) mass is 269 g/mol. The number of rotatable bonds is 3. The van der Waals surface area contributed by atoms with Crippen LogP contribution in [0.5, 0.6) is 0 Å². The standard InChI is InChI=1S/C18H20FN/c19-17-11-4-2-7-14(17)12-18(20)16-10-5-8-13-6-1-3-9-15(13)16/h1-4,6-7,9,11,16,18H,5,8,10,12,20H2. The summed E-state index contributed by atoms with van der Waals surface area (Å²) in [5.41, 5.74) is 9.90. The van der Waals surface area contributed by atoms with E-state index in [0.717, 1.165) is 18.4 Å². The van der Waals surface area contributed by atoms with Crippen LogP contribution in [-0.2, 0) is 12.8 Å². The molecule has 0 aromatic heterocycles. The fourth-order valence-corrected chi connectivity index (χ4v) is 3.30. The SMILES string of the molecule is NC(Cc1ccccc1F)C1CCCc2ccccc21. The largest absolute Gasteiger partial charge is 0.327 e. The summed E-state index contributed by atoms with van der Waals surface area (Å²) in [6.07, 6.45) is 4.02. The summed E-state index contributed by atoms with van der Waals surface area (Å²) in [6.45, 7) is 0. The Balaban J connectivity index is 1.82. The second kappa shape index (κ2) is 5.76. The minimum Gasteiger partial charge on any atom is -0.327 e. The molecule has 2 atom stereocenters. The van der Waals surface area contributed by atoms with Gasteiger partial charge in [0.25, 0.3) is 0 Å². The summed E-state index contributed by atoms with van der Waals surface area (Å²) in [4.78, 5) is 0. The maximum absolute atomic E-state index is 13.8. The molecule has 0 radical (unpaired) electrons. The number of aryl methyl sites for hydroxylation is 1. The van der Waals surface area contributed by atoms with Crippen LogP contribution in [-0.4, -0.2) is 6.04 Å². The van der Waals surface area contributed by atoms with Crippen LogP contribution in [0, 0.1) is 5.82 Å². The van der Waals surface area contributed by atoms with E-state index in [4.69, 9.17) is 5.73 Å². The molecule has 1 aliphatic rings. The van der Waals surface area contributed by atoms with E-state index in [-0.39, 0.29) is 11.9 Å². The van der Waals surface area contributed by atoms with Crippen molar-refractivity contribution in [2.45, 2.75) is 37.6 Å². The molecular weight excluding hydrogens is 249 g/mol. The van der Waals surface area contributed by atoms with Gasteiger partial charge in [-0.1, -0.05) is 42.5 Å². The quantitative estimate of drug-likeness (QED) is 0.900. The molecule has 0 spiro atoms. The summed E-state index contributed by atoms with van der Waals surface area (Å²) in [5, 5.41) is 0. The number of nitrogens with two attached hydrogens (primary N) is 1. The normalized spacial score (nSPS) is 19.4. The van der Waals surface area contributed by atoms with Crippen molar-refractivity contribution >= 4 is 0 Å². The van der Waals surface area contributed by atoms with Gasteiger partial charge in [0, 0.05) is 6.04 Å². The molecule has 0 saturated heterocycles. The summed E-state index contributed by atoms with van der Waals surface area (Å²) in [5.74, 6) is 0.201. The van der Waals surface area contributed by atoms with Crippen LogP contribution in [0.25, 0.3) is 0 Å². The summed E-state index contributed by atoms with van der Waals surface area (Å²) in [6, 6.07) is 15.5. The van der Waals surface area contributed by atoms with E-state index in [9.17, 15) is 4.39 Å². The van der Waals surface area contributed by atoms with Gasteiger partial charge in [-0.2, -0.15) is 0 Å². The Kier molecular flexibility index (Phi) is 3.83. The summed E-state index contributed by atoms with van der Waals surface area (Å²) in [7, 11) is 0.